The van der Waals surface area contributed by atoms with Gasteiger partial charge in [-0.15, -0.1) is 0 Å². The van der Waals surface area contributed by atoms with Crippen molar-refractivity contribution in [3.63, 3.8) is 0 Å². The van der Waals surface area contributed by atoms with Gasteiger partial charge in [-0.2, -0.15) is 0 Å². The molecule has 2 aliphatic rings. The van der Waals surface area contributed by atoms with Crippen molar-refractivity contribution in [2.24, 2.45) is 5.92 Å². The first-order valence-corrected chi connectivity index (χ1v) is 9.08. The lowest BCUT2D eigenvalue weighted by Gasteiger charge is -2.42. The van der Waals surface area contributed by atoms with Crippen LogP contribution in [0.4, 0.5) is 4.79 Å². The van der Waals surface area contributed by atoms with Gasteiger partial charge < -0.3 is 25.1 Å². The first-order chi connectivity index (χ1) is 13.1. The zero-order chi connectivity index (χ0) is 18.8. The molecule has 0 aliphatic carbocycles. The summed E-state index contributed by atoms with van der Waals surface area (Å²) in [6.07, 6.45) is 3.04. The molecule has 2 saturated heterocycles. The number of ether oxygens (including phenoxy) is 1. The number of aromatic nitrogens is 1. The number of nitrogens with zero attached hydrogens (tertiary/aromatic N) is 1. The Hall–Kier alpha value is -2.87. The Kier molecular flexibility index (Phi) is 4.81. The van der Waals surface area contributed by atoms with Crippen molar-refractivity contribution in [1.29, 1.82) is 0 Å². The fourth-order valence-corrected chi connectivity index (χ4v) is 3.68. The quantitative estimate of drug-likeness (QED) is 0.764. The minimum Gasteiger partial charge on any atom is -0.448 e. The molecular formula is C19H22N4O4. The summed E-state index contributed by atoms with van der Waals surface area (Å²) in [5.41, 5.74) is 2.22. The second-order valence-electron chi connectivity index (χ2n) is 6.87. The average Bonchev–Trinajstić information content (AvgIpc) is 3.12. The minimum atomic E-state index is -0.284. The number of nitrogens with one attached hydrogen (secondary N) is 3. The maximum absolute atomic E-state index is 12.1. The van der Waals surface area contributed by atoms with Crippen LogP contribution in [0, 0.1) is 12.8 Å². The summed E-state index contributed by atoms with van der Waals surface area (Å²) in [6.45, 7) is 2.72. The molecule has 142 valence electrons. The van der Waals surface area contributed by atoms with Crippen LogP contribution in [0.3, 0.4) is 0 Å². The van der Waals surface area contributed by atoms with E-state index < -0.39 is 0 Å². The van der Waals surface area contributed by atoms with Gasteiger partial charge in [0.05, 0.1) is 6.04 Å². The Bertz CT molecular complexity index is 850. The Morgan fingerprint density at radius 3 is 3.07 bits per heavy atom. The maximum Gasteiger partial charge on any atom is 0.317 e. The number of hydrogen-bond donors (Lipinski definition) is 3. The fraction of sp³-hybridized carbons (Fsp3) is 0.421. The van der Waals surface area contributed by atoms with Crippen LogP contribution in [0.1, 0.15) is 46.4 Å². The number of urea groups is 1. The van der Waals surface area contributed by atoms with Crippen molar-refractivity contribution in [2.75, 3.05) is 6.61 Å². The molecule has 1 aromatic heterocycles. The SMILES string of the molecule is Cc1nc(C(=O)NCc2cccc([C@@H]3NC(=O)N[C@H]4OCCC[C@H]43)c2)co1. The van der Waals surface area contributed by atoms with Crippen LogP contribution in [0.5, 0.6) is 0 Å². The number of hydrogen-bond acceptors (Lipinski definition) is 5. The van der Waals surface area contributed by atoms with Crippen LogP contribution in [-0.2, 0) is 11.3 Å². The Labute approximate surface area is 156 Å². The molecule has 3 N–H and O–H groups in total. The second kappa shape index (κ2) is 7.40. The van der Waals surface area contributed by atoms with Gasteiger partial charge in [-0.05, 0) is 24.0 Å². The topological polar surface area (TPSA) is 105 Å². The van der Waals surface area contributed by atoms with Crippen molar-refractivity contribution in [3.05, 3.63) is 53.2 Å². The summed E-state index contributed by atoms with van der Waals surface area (Å²) in [7, 11) is 0. The highest BCUT2D eigenvalue weighted by Crippen LogP contribution is 2.34. The number of carbonyl (C=O) groups excluding carboxylic acids is 2. The van der Waals surface area contributed by atoms with Crippen LogP contribution < -0.4 is 16.0 Å². The Balaban J connectivity index is 1.46. The summed E-state index contributed by atoms with van der Waals surface area (Å²) in [5, 5.41) is 8.70. The van der Waals surface area contributed by atoms with E-state index in [1.54, 1.807) is 6.92 Å². The lowest BCUT2D eigenvalue weighted by atomic mass is 9.85. The third kappa shape index (κ3) is 3.80. The highest BCUT2D eigenvalue weighted by molar-refractivity contribution is 5.91. The van der Waals surface area contributed by atoms with Gasteiger partial charge in [-0.3, -0.25) is 4.79 Å². The summed E-state index contributed by atoms with van der Waals surface area (Å²) < 4.78 is 10.8. The molecule has 3 amide bonds. The van der Waals surface area contributed by atoms with E-state index in [0.29, 0.717) is 19.0 Å². The van der Waals surface area contributed by atoms with Gasteiger partial charge >= 0.3 is 6.03 Å². The standard InChI is InChI=1S/C19H22N4O4/c1-11-21-15(10-27-11)17(24)20-9-12-4-2-5-13(8-12)16-14-6-3-7-26-18(14)23-19(25)22-16/h2,4-5,8,10,14,16,18H,3,6-7,9H2,1H3,(H,20,24)(H2,22,23,25)/t14-,16-,18-/m0/s1. The van der Waals surface area contributed by atoms with Crippen molar-refractivity contribution < 1.29 is 18.7 Å². The van der Waals surface area contributed by atoms with Gasteiger partial charge in [-0.1, -0.05) is 24.3 Å². The molecule has 0 radical (unpaired) electrons. The molecule has 27 heavy (non-hydrogen) atoms. The van der Waals surface area contributed by atoms with Crippen molar-refractivity contribution in [1.82, 2.24) is 20.9 Å². The van der Waals surface area contributed by atoms with E-state index >= 15 is 0 Å². The highest BCUT2D eigenvalue weighted by Gasteiger charge is 2.39. The third-order valence-electron chi connectivity index (χ3n) is 4.97. The molecular weight excluding hydrogens is 348 g/mol. The predicted octanol–water partition coefficient (Wildman–Crippen LogP) is 2.02. The molecule has 2 fully saturated rings. The molecule has 2 aromatic rings. The summed E-state index contributed by atoms with van der Waals surface area (Å²) in [6, 6.07) is 7.55. The number of rotatable bonds is 4. The number of oxazole rings is 1. The van der Waals surface area contributed by atoms with E-state index in [2.05, 4.69) is 20.9 Å². The van der Waals surface area contributed by atoms with Gasteiger partial charge in [-0.25, -0.2) is 9.78 Å². The number of amides is 3. The van der Waals surface area contributed by atoms with Crippen molar-refractivity contribution in [3.8, 4) is 0 Å². The highest BCUT2D eigenvalue weighted by atomic mass is 16.5. The second-order valence-corrected chi connectivity index (χ2v) is 6.87. The van der Waals surface area contributed by atoms with Gasteiger partial charge in [0.1, 0.15) is 12.5 Å². The Morgan fingerprint density at radius 1 is 1.37 bits per heavy atom. The third-order valence-corrected chi connectivity index (χ3v) is 4.97. The fourth-order valence-electron chi connectivity index (χ4n) is 3.68. The normalized spacial score (nSPS) is 24.5. The average molecular weight is 370 g/mol. The maximum atomic E-state index is 12.1. The van der Waals surface area contributed by atoms with E-state index in [1.165, 1.54) is 6.26 Å². The van der Waals surface area contributed by atoms with Crippen LogP contribution in [-0.4, -0.2) is 29.8 Å². The Morgan fingerprint density at radius 2 is 2.26 bits per heavy atom. The monoisotopic (exact) mass is 370 g/mol. The first-order valence-electron chi connectivity index (χ1n) is 9.08. The number of benzene rings is 1. The predicted molar refractivity (Wildman–Crippen MR) is 95.7 cm³/mol. The largest absolute Gasteiger partial charge is 0.448 e. The van der Waals surface area contributed by atoms with E-state index in [9.17, 15) is 9.59 Å². The lowest BCUT2D eigenvalue weighted by Crippen LogP contribution is -2.58. The van der Waals surface area contributed by atoms with E-state index in [0.717, 1.165) is 24.0 Å². The smallest absolute Gasteiger partial charge is 0.317 e. The van der Waals surface area contributed by atoms with Crippen LogP contribution in [0.15, 0.2) is 34.9 Å². The summed E-state index contributed by atoms with van der Waals surface area (Å²) in [4.78, 5) is 28.1. The van der Waals surface area contributed by atoms with Gasteiger partial charge in [0.15, 0.2) is 11.6 Å². The molecule has 4 rings (SSSR count). The molecule has 0 bridgehead atoms. The van der Waals surface area contributed by atoms with Crippen LogP contribution in [0.25, 0.3) is 0 Å². The van der Waals surface area contributed by atoms with Gasteiger partial charge in [0, 0.05) is 26.0 Å². The molecule has 0 spiro atoms. The zero-order valence-electron chi connectivity index (χ0n) is 15.0. The summed E-state index contributed by atoms with van der Waals surface area (Å²) >= 11 is 0. The van der Waals surface area contributed by atoms with Crippen LogP contribution in [0.2, 0.25) is 0 Å². The van der Waals surface area contributed by atoms with E-state index in [-0.39, 0.29) is 35.8 Å². The van der Waals surface area contributed by atoms with Gasteiger partial charge in [0.25, 0.3) is 5.91 Å². The molecule has 8 heteroatoms. The summed E-state index contributed by atoms with van der Waals surface area (Å²) in [5.74, 6) is 0.348. The molecule has 0 unspecified atom stereocenters. The first kappa shape index (κ1) is 17.5. The molecule has 0 saturated carbocycles. The van der Waals surface area contributed by atoms with Crippen LogP contribution >= 0.6 is 0 Å². The van der Waals surface area contributed by atoms with E-state index in [1.807, 2.05) is 24.3 Å². The number of aryl methyl sites for hydroxylation is 1. The molecule has 3 atom stereocenters. The molecule has 3 heterocycles. The molecule has 8 nitrogen and oxygen atoms in total. The number of fused-ring (bicyclic) bond motifs is 1. The number of carbonyl (C=O) groups is 2. The molecule has 1 aromatic carbocycles. The zero-order valence-corrected chi connectivity index (χ0v) is 15.0. The van der Waals surface area contributed by atoms with E-state index in [4.69, 9.17) is 9.15 Å². The molecule has 2 aliphatic heterocycles. The van der Waals surface area contributed by atoms with Crippen molar-refractivity contribution in [2.45, 2.75) is 38.6 Å². The lowest BCUT2D eigenvalue weighted by molar-refractivity contribution is -0.0602. The van der Waals surface area contributed by atoms with Gasteiger partial charge in [0.2, 0.25) is 0 Å². The minimum absolute atomic E-state index is 0.113. The van der Waals surface area contributed by atoms with Crippen molar-refractivity contribution >= 4 is 11.9 Å².